The van der Waals surface area contributed by atoms with E-state index in [1.807, 2.05) is 30.7 Å². The van der Waals surface area contributed by atoms with Gasteiger partial charge in [-0.3, -0.25) is 4.79 Å². The summed E-state index contributed by atoms with van der Waals surface area (Å²) < 4.78 is 29.4. The Kier molecular flexibility index (Phi) is 5.76. The van der Waals surface area contributed by atoms with E-state index < -0.39 is 15.9 Å². The third kappa shape index (κ3) is 5.88. The van der Waals surface area contributed by atoms with E-state index in [4.69, 9.17) is 4.74 Å². The summed E-state index contributed by atoms with van der Waals surface area (Å²) in [4.78, 5) is 11.4. The smallest absolute Gasteiger partial charge is 0.257 e. The van der Waals surface area contributed by atoms with Gasteiger partial charge in [-0.25, -0.2) is 13.1 Å². The monoisotopic (exact) mass is 297 g/mol. The molecule has 1 atom stereocenters. The molecule has 1 amide bonds. The van der Waals surface area contributed by atoms with Crippen molar-refractivity contribution in [2.45, 2.75) is 26.4 Å². The highest BCUT2D eigenvalue weighted by Gasteiger charge is 2.07. The first-order valence-electron chi connectivity index (χ1n) is 6.27. The van der Waals surface area contributed by atoms with Gasteiger partial charge in [0.2, 0.25) is 10.0 Å². The van der Waals surface area contributed by atoms with Crippen LogP contribution >= 0.6 is 0 Å². The van der Waals surface area contributed by atoms with Crippen molar-refractivity contribution in [3.05, 3.63) is 35.9 Å². The number of sulfonamides is 1. The Labute approximate surface area is 119 Å². The van der Waals surface area contributed by atoms with E-state index in [9.17, 15) is 13.2 Å². The highest BCUT2D eigenvalue weighted by atomic mass is 32.2. The number of hydrogen-bond donors (Lipinski definition) is 1. The van der Waals surface area contributed by atoms with Gasteiger partial charge >= 0.3 is 0 Å². The third-order valence-electron chi connectivity index (χ3n) is 2.52. The van der Waals surface area contributed by atoms with Crippen LogP contribution in [0.2, 0.25) is 0 Å². The number of ether oxygens (including phenoxy) is 1. The molecular weight excluding hydrogens is 278 g/mol. The van der Waals surface area contributed by atoms with Gasteiger partial charge in [0.1, 0.15) is 5.75 Å². The molecule has 0 heterocycles. The zero-order valence-electron chi connectivity index (χ0n) is 11.8. The maximum Gasteiger partial charge on any atom is 0.257 e. The number of benzene rings is 1. The molecule has 0 radical (unpaired) electrons. The van der Waals surface area contributed by atoms with Crippen molar-refractivity contribution in [1.82, 2.24) is 4.72 Å². The molecule has 0 aliphatic heterocycles. The topological polar surface area (TPSA) is 72.5 Å². The SMILES string of the molecule is CCC(C)Oc1ccccc1/C=C/C(=O)NS(C)(=O)=O. The molecule has 0 aromatic heterocycles. The molecule has 1 N–H and O–H groups in total. The van der Waals surface area contributed by atoms with Crippen molar-refractivity contribution in [3.8, 4) is 5.75 Å². The molecule has 0 saturated carbocycles. The van der Waals surface area contributed by atoms with Crippen molar-refractivity contribution < 1.29 is 17.9 Å². The fraction of sp³-hybridized carbons (Fsp3) is 0.357. The predicted octanol–water partition coefficient (Wildman–Crippen LogP) is 1.95. The second-order valence-corrected chi connectivity index (χ2v) is 6.19. The largest absolute Gasteiger partial charge is 0.490 e. The Hall–Kier alpha value is -1.82. The summed E-state index contributed by atoms with van der Waals surface area (Å²) in [7, 11) is -3.54. The van der Waals surface area contributed by atoms with Crippen molar-refractivity contribution in [3.63, 3.8) is 0 Å². The van der Waals surface area contributed by atoms with E-state index in [-0.39, 0.29) is 6.10 Å². The van der Waals surface area contributed by atoms with Crippen LogP contribution in [0, 0.1) is 0 Å². The molecule has 20 heavy (non-hydrogen) atoms. The van der Waals surface area contributed by atoms with Crippen LogP contribution in [-0.4, -0.2) is 26.7 Å². The molecule has 0 fully saturated rings. The Morgan fingerprint density at radius 3 is 2.65 bits per heavy atom. The van der Waals surface area contributed by atoms with Gasteiger partial charge in [-0.05, 0) is 25.5 Å². The number of hydrogen-bond acceptors (Lipinski definition) is 4. The number of rotatable bonds is 6. The lowest BCUT2D eigenvalue weighted by Crippen LogP contribution is -2.27. The van der Waals surface area contributed by atoms with Crippen LogP contribution in [0.25, 0.3) is 6.08 Å². The van der Waals surface area contributed by atoms with Crippen molar-refractivity contribution in [1.29, 1.82) is 0 Å². The molecule has 0 aliphatic carbocycles. The molecular formula is C14H19NO4S. The molecule has 6 heteroatoms. The van der Waals surface area contributed by atoms with E-state index in [0.717, 1.165) is 18.2 Å². The summed E-state index contributed by atoms with van der Waals surface area (Å²) in [5.74, 6) is -0.0314. The van der Waals surface area contributed by atoms with Crippen LogP contribution in [-0.2, 0) is 14.8 Å². The molecule has 1 rings (SSSR count). The summed E-state index contributed by atoms with van der Waals surface area (Å²) in [6.07, 6.45) is 4.55. The fourth-order valence-corrected chi connectivity index (χ4v) is 1.84. The second kappa shape index (κ2) is 7.09. The molecule has 0 bridgehead atoms. The van der Waals surface area contributed by atoms with E-state index in [1.54, 1.807) is 12.1 Å². The highest BCUT2D eigenvalue weighted by Crippen LogP contribution is 2.21. The lowest BCUT2D eigenvalue weighted by molar-refractivity contribution is -0.114. The lowest BCUT2D eigenvalue weighted by Gasteiger charge is -2.14. The normalized spacial score (nSPS) is 13.2. The molecule has 110 valence electrons. The number of nitrogens with one attached hydrogen (secondary N) is 1. The molecule has 0 aliphatic rings. The average Bonchev–Trinajstić information content (AvgIpc) is 2.35. The first-order valence-corrected chi connectivity index (χ1v) is 8.16. The van der Waals surface area contributed by atoms with Crippen LogP contribution in [0.15, 0.2) is 30.3 Å². The average molecular weight is 297 g/mol. The van der Waals surface area contributed by atoms with Crippen molar-refractivity contribution in [2.75, 3.05) is 6.26 Å². The van der Waals surface area contributed by atoms with Gasteiger partial charge in [0.25, 0.3) is 5.91 Å². The molecule has 5 nitrogen and oxygen atoms in total. The Bertz CT molecular complexity index is 593. The third-order valence-corrected chi connectivity index (χ3v) is 3.09. The van der Waals surface area contributed by atoms with Crippen LogP contribution in [0.1, 0.15) is 25.8 Å². The Morgan fingerprint density at radius 1 is 1.40 bits per heavy atom. The summed E-state index contributed by atoms with van der Waals surface area (Å²) in [5, 5.41) is 0. The Balaban J connectivity index is 2.84. The van der Waals surface area contributed by atoms with Gasteiger partial charge in [-0.15, -0.1) is 0 Å². The fourth-order valence-electron chi connectivity index (χ4n) is 1.41. The second-order valence-electron chi connectivity index (χ2n) is 4.45. The minimum absolute atomic E-state index is 0.0643. The minimum atomic E-state index is -3.54. The number of carbonyl (C=O) groups excluding carboxylic acids is 1. The summed E-state index contributed by atoms with van der Waals surface area (Å²) >= 11 is 0. The predicted molar refractivity (Wildman–Crippen MR) is 78.8 cm³/mol. The van der Waals surface area contributed by atoms with E-state index in [0.29, 0.717) is 5.75 Å². The first kappa shape index (κ1) is 16.2. The number of para-hydroxylation sites is 1. The van der Waals surface area contributed by atoms with Crippen LogP contribution in [0.4, 0.5) is 0 Å². The van der Waals surface area contributed by atoms with Gasteiger partial charge in [0.05, 0.1) is 12.4 Å². The van der Waals surface area contributed by atoms with E-state index in [1.165, 1.54) is 12.2 Å². The van der Waals surface area contributed by atoms with E-state index >= 15 is 0 Å². The van der Waals surface area contributed by atoms with Gasteiger partial charge < -0.3 is 4.74 Å². The van der Waals surface area contributed by atoms with Crippen LogP contribution in [0.5, 0.6) is 5.75 Å². The van der Waals surface area contributed by atoms with Crippen LogP contribution in [0.3, 0.4) is 0 Å². The molecule has 1 aromatic rings. The van der Waals surface area contributed by atoms with Crippen LogP contribution < -0.4 is 9.46 Å². The van der Waals surface area contributed by atoms with Gasteiger partial charge in [0, 0.05) is 11.6 Å². The van der Waals surface area contributed by atoms with Crippen molar-refractivity contribution in [2.24, 2.45) is 0 Å². The Morgan fingerprint density at radius 2 is 2.05 bits per heavy atom. The molecule has 0 saturated heterocycles. The molecule has 1 unspecified atom stereocenters. The maximum atomic E-state index is 11.4. The number of amides is 1. The van der Waals surface area contributed by atoms with Crippen molar-refractivity contribution >= 4 is 22.0 Å². The number of carbonyl (C=O) groups is 1. The summed E-state index contributed by atoms with van der Waals surface area (Å²) in [5.41, 5.74) is 0.719. The zero-order chi connectivity index (χ0) is 15.2. The molecule has 1 aromatic carbocycles. The van der Waals surface area contributed by atoms with Gasteiger partial charge in [-0.2, -0.15) is 0 Å². The zero-order valence-corrected chi connectivity index (χ0v) is 12.6. The first-order chi connectivity index (χ1) is 9.31. The quantitative estimate of drug-likeness (QED) is 0.815. The standard InChI is InChI=1S/C14H19NO4S/c1-4-11(2)19-13-8-6-5-7-12(13)9-10-14(16)15-20(3,17)18/h5-11H,4H2,1-3H3,(H,15,16)/b10-9+. The molecule has 0 spiro atoms. The summed E-state index contributed by atoms with van der Waals surface area (Å²) in [6.45, 7) is 3.97. The van der Waals surface area contributed by atoms with Gasteiger partial charge in [0.15, 0.2) is 0 Å². The van der Waals surface area contributed by atoms with Gasteiger partial charge in [-0.1, -0.05) is 25.1 Å². The lowest BCUT2D eigenvalue weighted by atomic mass is 10.2. The van der Waals surface area contributed by atoms with E-state index in [2.05, 4.69) is 0 Å². The maximum absolute atomic E-state index is 11.4. The minimum Gasteiger partial charge on any atom is -0.490 e. The summed E-state index contributed by atoms with van der Waals surface area (Å²) in [6, 6.07) is 7.26. The highest BCUT2D eigenvalue weighted by molar-refractivity contribution is 7.89.